The number of hydrogen-bond donors (Lipinski definition) is 1. The van der Waals surface area contributed by atoms with Crippen molar-refractivity contribution in [1.82, 2.24) is 4.90 Å². The van der Waals surface area contributed by atoms with Crippen LogP contribution >= 0.6 is 0 Å². The first-order valence-electron chi connectivity index (χ1n) is 11.5. The molecule has 1 fully saturated rings. The van der Waals surface area contributed by atoms with Crippen LogP contribution in [0.2, 0.25) is 0 Å². The summed E-state index contributed by atoms with van der Waals surface area (Å²) in [7, 11) is 1.28. The summed E-state index contributed by atoms with van der Waals surface area (Å²) in [6.07, 6.45) is 3.11. The molecule has 0 aromatic heterocycles. The van der Waals surface area contributed by atoms with Crippen LogP contribution in [0.5, 0.6) is 5.75 Å². The van der Waals surface area contributed by atoms with E-state index in [0.717, 1.165) is 19.3 Å². The number of methoxy groups -OCH3 is 1. The molecule has 1 aliphatic heterocycles. The Morgan fingerprint density at radius 3 is 2.03 bits per heavy atom. The molecular formula is C26H30N2O7. The summed E-state index contributed by atoms with van der Waals surface area (Å²) in [4.78, 5) is 50.2. The molecule has 9 heteroatoms. The summed E-state index contributed by atoms with van der Waals surface area (Å²) in [5, 5.41) is 2.58. The molecule has 2 amide bonds. The number of benzene rings is 2. The Bertz CT molecular complexity index is 1040. The smallest absolute Gasteiger partial charge is 0.338 e. The van der Waals surface area contributed by atoms with Crippen LogP contribution in [0.25, 0.3) is 0 Å². The molecule has 0 radical (unpaired) electrons. The molecule has 2 unspecified atom stereocenters. The van der Waals surface area contributed by atoms with Crippen molar-refractivity contribution in [1.29, 1.82) is 0 Å². The number of amides is 2. The minimum Gasteiger partial charge on any atom is -0.484 e. The zero-order valence-electron chi connectivity index (χ0n) is 20.1. The van der Waals surface area contributed by atoms with Crippen LogP contribution in [0.4, 0.5) is 5.69 Å². The highest BCUT2D eigenvalue weighted by Gasteiger charge is 2.29. The number of anilines is 1. The minimum atomic E-state index is -0.667. The maximum atomic E-state index is 12.6. The molecule has 1 saturated heterocycles. The van der Waals surface area contributed by atoms with Crippen molar-refractivity contribution in [2.75, 3.05) is 25.6 Å². The third kappa shape index (κ3) is 7.05. The van der Waals surface area contributed by atoms with E-state index in [0.29, 0.717) is 17.0 Å². The molecule has 0 bridgehead atoms. The molecule has 9 nitrogen and oxygen atoms in total. The summed E-state index contributed by atoms with van der Waals surface area (Å²) in [5.41, 5.74) is 1.05. The number of likely N-dealkylation sites (tertiary alicyclic amines) is 1. The molecular weight excluding hydrogens is 452 g/mol. The Balaban J connectivity index is 1.44. The van der Waals surface area contributed by atoms with Gasteiger partial charge in [-0.2, -0.15) is 0 Å². The summed E-state index contributed by atoms with van der Waals surface area (Å²) in [5.74, 6) is -1.27. The van der Waals surface area contributed by atoms with Crippen molar-refractivity contribution in [2.24, 2.45) is 0 Å². The van der Waals surface area contributed by atoms with Crippen LogP contribution in [0.3, 0.4) is 0 Å². The van der Waals surface area contributed by atoms with Crippen LogP contribution in [0.15, 0.2) is 48.5 Å². The van der Waals surface area contributed by atoms with Crippen molar-refractivity contribution in [2.45, 2.75) is 45.2 Å². The number of ether oxygens (including phenoxy) is 3. The molecule has 2 aromatic carbocycles. The molecule has 0 aliphatic carbocycles. The maximum Gasteiger partial charge on any atom is 0.338 e. The normalized spacial score (nSPS) is 17.3. The molecule has 35 heavy (non-hydrogen) atoms. The molecule has 0 spiro atoms. The first-order valence-corrected chi connectivity index (χ1v) is 11.5. The van der Waals surface area contributed by atoms with E-state index in [4.69, 9.17) is 9.47 Å². The number of nitrogens with zero attached hydrogens (tertiary/aromatic N) is 1. The van der Waals surface area contributed by atoms with Gasteiger partial charge in [-0.05, 0) is 81.6 Å². The average Bonchev–Trinajstić information content (AvgIpc) is 2.86. The largest absolute Gasteiger partial charge is 0.484 e. The topological polar surface area (TPSA) is 111 Å². The lowest BCUT2D eigenvalue weighted by molar-refractivity contribution is -0.139. The van der Waals surface area contributed by atoms with E-state index < -0.39 is 24.5 Å². The van der Waals surface area contributed by atoms with E-state index in [1.807, 2.05) is 4.90 Å². The van der Waals surface area contributed by atoms with Crippen LogP contribution in [0, 0.1) is 0 Å². The Morgan fingerprint density at radius 1 is 0.857 bits per heavy atom. The van der Waals surface area contributed by atoms with Crippen molar-refractivity contribution < 1.29 is 33.4 Å². The Labute approximate surface area is 204 Å². The SMILES string of the molecule is COC(=O)c1ccc(NC(=O)COC(=O)c2ccc(OCC(=O)N3C(C)CCCC3C)cc2)cc1. The van der Waals surface area contributed by atoms with Gasteiger partial charge in [-0.1, -0.05) is 0 Å². The van der Waals surface area contributed by atoms with Crippen LogP contribution in [0.1, 0.15) is 53.8 Å². The van der Waals surface area contributed by atoms with Crippen molar-refractivity contribution in [3.8, 4) is 5.75 Å². The van der Waals surface area contributed by atoms with Crippen LogP contribution < -0.4 is 10.1 Å². The summed E-state index contributed by atoms with van der Waals surface area (Å²) in [6, 6.07) is 12.7. The second kappa shape index (κ2) is 12.0. The number of piperidine rings is 1. The summed E-state index contributed by atoms with van der Waals surface area (Å²) in [6.45, 7) is 3.56. The predicted molar refractivity (Wildman–Crippen MR) is 128 cm³/mol. The fourth-order valence-electron chi connectivity index (χ4n) is 4.04. The Morgan fingerprint density at radius 2 is 1.43 bits per heavy atom. The standard InChI is InChI=1S/C26H30N2O7/c1-17-5-4-6-18(2)28(17)24(30)16-34-22-13-9-20(10-14-22)26(32)35-15-23(29)27-21-11-7-19(8-12-21)25(31)33-3/h7-14,17-18H,4-6,15-16H2,1-3H3,(H,27,29). The van der Waals surface area contributed by atoms with Gasteiger partial charge in [0.1, 0.15) is 5.75 Å². The van der Waals surface area contributed by atoms with E-state index >= 15 is 0 Å². The minimum absolute atomic E-state index is 0.0564. The van der Waals surface area contributed by atoms with Crippen LogP contribution in [-0.4, -0.2) is 61.1 Å². The van der Waals surface area contributed by atoms with Crippen LogP contribution in [-0.2, 0) is 19.1 Å². The molecule has 3 rings (SSSR count). The van der Waals surface area contributed by atoms with E-state index in [9.17, 15) is 19.2 Å². The quantitative estimate of drug-likeness (QED) is 0.574. The molecule has 1 heterocycles. The summed E-state index contributed by atoms with van der Waals surface area (Å²) >= 11 is 0. The van der Waals surface area contributed by atoms with E-state index in [1.54, 1.807) is 24.3 Å². The number of rotatable bonds is 8. The van der Waals surface area contributed by atoms with Gasteiger partial charge in [0.25, 0.3) is 11.8 Å². The number of hydrogen-bond acceptors (Lipinski definition) is 7. The van der Waals surface area contributed by atoms with Crippen molar-refractivity contribution in [3.05, 3.63) is 59.7 Å². The van der Waals surface area contributed by atoms with Gasteiger partial charge in [0.05, 0.1) is 18.2 Å². The van der Waals surface area contributed by atoms with Gasteiger partial charge < -0.3 is 24.4 Å². The lowest BCUT2D eigenvalue weighted by Gasteiger charge is -2.38. The fraction of sp³-hybridized carbons (Fsp3) is 0.385. The lowest BCUT2D eigenvalue weighted by Crippen LogP contribution is -2.49. The van der Waals surface area contributed by atoms with Gasteiger partial charge >= 0.3 is 11.9 Å². The second-order valence-corrected chi connectivity index (χ2v) is 8.44. The van der Waals surface area contributed by atoms with E-state index in [-0.39, 0.29) is 30.2 Å². The average molecular weight is 483 g/mol. The summed E-state index contributed by atoms with van der Waals surface area (Å²) < 4.78 is 15.3. The first-order chi connectivity index (χ1) is 16.8. The zero-order valence-corrected chi connectivity index (χ0v) is 20.1. The molecule has 2 atom stereocenters. The predicted octanol–water partition coefficient (Wildman–Crippen LogP) is 3.44. The Hall–Kier alpha value is -3.88. The molecule has 2 aromatic rings. The monoisotopic (exact) mass is 482 g/mol. The highest BCUT2D eigenvalue weighted by atomic mass is 16.5. The number of nitrogens with one attached hydrogen (secondary N) is 1. The lowest BCUT2D eigenvalue weighted by atomic mass is 9.97. The van der Waals surface area contributed by atoms with Gasteiger partial charge in [-0.15, -0.1) is 0 Å². The first kappa shape index (κ1) is 25.7. The fourth-order valence-corrected chi connectivity index (χ4v) is 4.04. The maximum absolute atomic E-state index is 12.6. The van der Waals surface area contributed by atoms with Gasteiger partial charge in [0, 0.05) is 17.8 Å². The van der Waals surface area contributed by atoms with Gasteiger partial charge in [-0.3, -0.25) is 9.59 Å². The van der Waals surface area contributed by atoms with Gasteiger partial charge in [0.2, 0.25) is 0 Å². The molecule has 0 saturated carbocycles. The van der Waals surface area contributed by atoms with Gasteiger partial charge in [0.15, 0.2) is 13.2 Å². The number of esters is 2. The number of carbonyl (C=O) groups excluding carboxylic acids is 4. The van der Waals surface area contributed by atoms with E-state index in [1.165, 1.54) is 31.4 Å². The van der Waals surface area contributed by atoms with Crippen molar-refractivity contribution in [3.63, 3.8) is 0 Å². The van der Waals surface area contributed by atoms with E-state index in [2.05, 4.69) is 23.9 Å². The zero-order chi connectivity index (χ0) is 25.4. The third-order valence-electron chi connectivity index (χ3n) is 5.86. The highest BCUT2D eigenvalue weighted by molar-refractivity contribution is 5.96. The number of carbonyl (C=O) groups is 4. The molecule has 1 aliphatic rings. The molecule has 1 N–H and O–H groups in total. The van der Waals surface area contributed by atoms with Gasteiger partial charge in [-0.25, -0.2) is 9.59 Å². The Kier molecular flexibility index (Phi) is 8.83. The van der Waals surface area contributed by atoms with Crippen molar-refractivity contribution >= 4 is 29.4 Å². The third-order valence-corrected chi connectivity index (χ3v) is 5.86. The highest BCUT2D eigenvalue weighted by Crippen LogP contribution is 2.23. The second-order valence-electron chi connectivity index (χ2n) is 8.44. The molecule has 186 valence electrons.